The van der Waals surface area contributed by atoms with Crippen LogP contribution >= 0.6 is 0 Å². The zero-order chi connectivity index (χ0) is 21.7. The number of ether oxygens (including phenoxy) is 1. The molecule has 4 atom stereocenters. The lowest BCUT2D eigenvalue weighted by Crippen LogP contribution is -2.35. The van der Waals surface area contributed by atoms with E-state index in [9.17, 15) is 14.6 Å². The number of nitrogens with zero attached hydrogens (tertiary/aromatic N) is 3. The lowest BCUT2D eigenvalue weighted by Gasteiger charge is -2.25. The minimum absolute atomic E-state index is 0.0394. The van der Waals surface area contributed by atoms with E-state index in [1.54, 1.807) is 0 Å². The molecule has 164 valence electrons. The molecule has 2 aromatic heterocycles. The second-order valence-corrected chi connectivity index (χ2v) is 8.29. The number of fused-ring (bicyclic) bond motifs is 2. The number of halogens is 1. The maximum atomic E-state index is 14.5. The van der Waals surface area contributed by atoms with Crippen molar-refractivity contribution in [1.82, 2.24) is 19.9 Å². The Morgan fingerprint density at radius 3 is 2.94 bits per heavy atom. The van der Waals surface area contributed by atoms with Crippen LogP contribution in [0.25, 0.3) is 11.0 Å². The molecule has 5 rings (SSSR count). The van der Waals surface area contributed by atoms with E-state index < -0.39 is 30.2 Å². The third-order valence-electron chi connectivity index (χ3n) is 6.47. The van der Waals surface area contributed by atoms with Crippen LogP contribution in [0.4, 0.5) is 10.2 Å². The molecule has 1 saturated carbocycles. The molecule has 2 aliphatic rings. The molecule has 0 saturated heterocycles. The molecule has 1 aromatic carbocycles. The highest BCUT2D eigenvalue weighted by Crippen LogP contribution is 2.38. The fraction of sp³-hybridized carbons (Fsp3) is 0.455. The highest BCUT2D eigenvalue weighted by molar-refractivity contribution is 5.86. The van der Waals surface area contributed by atoms with E-state index in [1.807, 2.05) is 6.07 Å². The summed E-state index contributed by atoms with van der Waals surface area (Å²) in [4.78, 5) is 7.99. The molecular formula is C22H26FN5O3. The predicted octanol–water partition coefficient (Wildman–Crippen LogP) is 1.47. The number of hydrogen-bond acceptors (Lipinski definition) is 7. The van der Waals surface area contributed by atoms with Crippen LogP contribution < -0.4 is 15.8 Å². The van der Waals surface area contributed by atoms with Crippen molar-refractivity contribution in [3.8, 4) is 5.75 Å². The first-order valence-electron chi connectivity index (χ1n) is 10.6. The third-order valence-corrected chi connectivity index (χ3v) is 6.47. The van der Waals surface area contributed by atoms with Gasteiger partial charge in [0.1, 0.15) is 41.9 Å². The Morgan fingerprint density at radius 2 is 2.13 bits per heavy atom. The zero-order valence-corrected chi connectivity index (χ0v) is 17.3. The van der Waals surface area contributed by atoms with Crippen LogP contribution in [0.2, 0.25) is 0 Å². The Balaban J connectivity index is 1.47. The van der Waals surface area contributed by atoms with Crippen molar-refractivity contribution in [3.05, 3.63) is 47.2 Å². The summed E-state index contributed by atoms with van der Waals surface area (Å²) in [6.07, 6.45) is 1.71. The quantitative estimate of drug-likeness (QED) is 0.498. The smallest absolute Gasteiger partial charge is 0.154 e. The molecule has 0 spiro atoms. The zero-order valence-electron chi connectivity index (χ0n) is 17.3. The van der Waals surface area contributed by atoms with Gasteiger partial charge in [-0.25, -0.2) is 14.4 Å². The Hall–Kier alpha value is -2.75. The van der Waals surface area contributed by atoms with Gasteiger partial charge in [-0.2, -0.15) is 0 Å². The van der Waals surface area contributed by atoms with Crippen molar-refractivity contribution in [2.24, 2.45) is 0 Å². The Bertz CT molecular complexity index is 1130. The average molecular weight is 427 g/mol. The molecule has 5 N–H and O–H groups in total. The van der Waals surface area contributed by atoms with Gasteiger partial charge < -0.3 is 30.6 Å². The Kier molecular flexibility index (Phi) is 5.04. The summed E-state index contributed by atoms with van der Waals surface area (Å²) in [6.45, 7) is 3.72. The molecule has 1 fully saturated rings. The molecule has 3 aromatic rings. The van der Waals surface area contributed by atoms with E-state index >= 15 is 0 Å². The molecule has 9 heteroatoms. The monoisotopic (exact) mass is 427 g/mol. The second kappa shape index (κ2) is 7.74. The summed E-state index contributed by atoms with van der Waals surface area (Å²) < 4.78 is 22.3. The van der Waals surface area contributed by atoms with Gasteiger partial charge in [-0.3, -0.25) is 0 Å². The number of aromatic nitrogens is 3. The fourth-order valence-electron chi connectivity index (χ4n) is 4.77. The van der Waals surface area contributed by atoms with Crippen LogP contribution in [-0.2, 0) is 19.4 Å². The lowest BCUT2D eigenvalue weighted by atomic mass is 9.96. The van der Waals surface area contributed by atoms with Gasteiger partial charge in [0, 0.05) is 24.7 Å². The van der Waals surface area contributed by atoms with Crippen LogP contribution in [0.3, 0.4) is 0 Å². The molecule has 1 aliphatic carbocycles. The predicted molar refractivity (Wildman–Crippen MR) is 113 cm³/mol. The van der Waals surface area contributed by atoms with E-state index in [0.29, 0.717) is 13.0 Å². The molecule has 0 unspecified atom stereocenters. The van der Waals surface area contributed by atoms with Crippen molar-refractivity contribution < 1.29 is 19.3 Å². The number of nitrogen functional groups attached to an aromatic ring is 1. The molecule has 8 nitrogen and oxygen atoms in total. The van der Waals surface area contributed by atoms with Crippen molar-refractivity contribution in [2.45, 2.75) is 57.1 Å². The summed E-state index contributed by atoms with van der Waals surface area (Å²) in [5.41, 5.74) is 9.61. The summed E-state index contributed by atoms with van der Waals surface area (Å²) in [7, 11) is 0. The van der Waals surface area contributed by atoms with E-state index in [0.717, 1.165) is 30.7 Å². The molecule has 31 heavy (non-hydrogen) atoms. The first-order chi connectivity index (χ1) is 15.0. The topological polar surface area (TPSA) is 118 Å². The summed E-state index contributed by atoms with van der Waals surface area (Å²) in [6, 6.07) is 3.62. The number of aliphatic hydroxyl groups is 2. The molecule has 0 amide bonds. The second-order valence-electron chi connectivity index (χ2n) is 8.29. The lowest BCUT2D eigenvalue weighted by molar-refractivity contribution is -0.0167. The maximum Gasteiger partial charge on any atom is 0.154 e. The van der Waals surface area contributed by atoms with E-state index in [4.69, 9.17) is 10.5 Å². The van der Waals surface area contributed by atoms with Gasteiger partial charge in [-0.15, -0.1) is 0 Å². The van der Waals surface area contributed by atoms with Crippen LogP contribution in [0.5, 0.6) is 5.75 Å². The van der Waals surface area contributed by atoms with Crippen molar-refractivity contribution in [1.29, 1.82) is 0 Å². The number of benzene rings is 1. The number of aryl methyl sites for hydroxylation is 1. The van der Waals surface area contributed by atoms with E-state index in [-0.39, 0.29) is 16.9 Å². The average Bonchev–Trinajstić information content (AvgIpc) is 3.25. The van der Waals surface area contributed by atoms with Gasteiger partial charge in [-0.05, 0) is 36.6 Å². The van der Waals surface area contributed by atoms with Gasteiger partial charge >= 0.3 is 0 Å². The van der Waals surface area contributed by atoms with E-state index in [1.165, 1.54) is 28.2 Å². The van der Waals surface area contributed by atoms with Gasteiger partial charge in [-0.1, -0.05) is 13.0 Å². The molecule has 0 radical (unpaired) electrons. The highest BCUT2D eigenvalue weighted by atomic mass is 19.1. The van der Waals surface area contributed by atoms with Gasteiger partial charge in [0.15, 0.2) is 5.82 Å². The molecule has 1 aliphatic heterocycles. The Labute approximate surface area is 178 Å². The van der Waals surface area contributed by atoms with Gasteiger partial charge in [0.25, 0.3) is 0 Å². The standard InChI is InChI=1S/C22H26FN5O3/c1-2-11-5-12-3-4-25-8-13(12)16(6-11)31-17-7-15(19(29)20(17)30)28-9-14(23)18-21(24)26-10-27-22(18)28/h5-6,9-10,15,17,19-20,25,29-30H,2-4,7-8H2,1H3,(H2,24,26,27)/t15-,17+,19+,20-/m1/s1. The molecule has 0 bridgehead atoms. The number of hydrogen-bond donors (Lipinski definition) is 4. The number of rotatable bonds is 4. The van der Waals surface area contributed by atoms with Gasteiger partial charge in [0.05, 0.1) is 11.4 Å². The maximum absolute atomic E-state index is 14.5. The van der Waals surface area contributed by atoms with Crippen molar-refractivity contribution >= 4 is 16.9 Å². The number of aliphatic hydroxyl groups excluding tert-OH is 2. The van der Waals surface area contributed by atoms with Crippen molar-refractivity contribution in [2.75, 3.05) is 12.3 Å². The van der Waals surface area contributed by atoms with Crippen molar-refractivity contribution in [3.63, 3.8) is 0 Å². The molecule has 3 heterocycles. The van der Waals surface area contributed by atoms with Crippen LogP contribution in [0.15, 0.2) is 24.7 Å². The Morgan fingerprint density at radius 1 is 1.29 bits per heavy atom. The minimum Gasteiger partial charge on any atom is -0.487 e. The molecular weight excluding hydrogens is 401 g/mol. The van der Waals surface area contributed by atoms with Crippen LogP contribution in [0.1, 0.15) is 36.1 Å². The summed E-state index contributed by atoms with van der Waals surface area (Å²) in [5, 5.41) is 25.0. The number of nitrogens with two attached hydrogens (primary N) is 1. The normalized spacial score (nSPS) is 25.7. The van der Waals surface area contributed by atoms with Crippen LogP contribution in [-0.4, -0.2) is 49.6 Å². The first kappa shape index (κ1) is 20.2. The highest BCUT2D eigenvalue weighted by Gasteiger charge is 2.45. The summed E-state index contributed by atoms with van der Waals surface area (Å²) >= 11 is 0. The largest absolute Gasteiger partial charge is 0.487 e. The van der Waals surface area contributed by atoms with Gasteiger partial charge in [0.2, 0.25) is 0 Å². The third kappa shape index (κ3) is 3.33. The number of anilines is 1. The number of nitrogens with one attached hydrogen (secondary N) is 1. The SMILES string of the molecule is CCc1cc2c(c(O[C@H]3C[C@@H](n4cc(F)c5c(N)ncnc54)[C@H](O)[C@@H]3O)c1)CNCC2. The summed E-state index contributed by atoms with van der Waals surface area (Å²) in [5.74, 6) is 0.209. The minimum atomic E-state index is -1.14. The van der Waals surface area contributed by atoms with Crippen LogP contribution in [0, 0.1) is 5.82 Å². The van der Waals surface area contributed by atoms with E-state index in [2.05, 4.69) is 28.3 Å². The first-order valence-corrected chi connectivity index (χ1v) is 10.6. The fourth-order valence-corrected chi connectivity index (χ4v) is 4.77.